The molecule has 19 heavy (non-hydrogen) atoms. The molecule has 1 aromatic rings. The molecular formula is C12H18N4O3. The van der Waals surface area contributed by atoms with Gasteiger partial charge in [-0.2, -0.15) is 4.98 Å². The Hall–Kier alpha value is -1.89. The summed E-state index contributed by atoms with van der Waals surface area (Å²) in [4.78, 5) is 14.5. The number of pyridine rings is 1. The summed E-state index contributed by atoms with van der Waals surface area (Å²) in [5.74, 6) is 5.67. The fourth-order valence-electron chi connectivity index (χ4n) is 2.26. The number of hydrazine groups is 1. The standard InChI is InChI=1S/C12H18N4O3/c13-15-11-8-7-10(16(17)18)12(14-11)19-9-5-3-1-2-4-6-9/h7-9H,1-6,13H2,(H,14,15). The second kappa shape index (κ2) is 6.33. The van der Waals surface area contributed by atoms with Crippen LogP contribution >= 0.6 is 0 Å². The molecule has 0 aromatic carbocycles. The Balaban J connectivity index is 2.18. The summed E-state index contributed by atoms with van der Waals surface area (Å²) in [5.41, 5.74) is 2.25. The number of anilines is 1. The van der Waals surface area contributed by atoms with E-state index in [2.05, 4.69) is 10.4 Å². The average Bonchev–Trinajstić information content (AvgIpc) is 2.67. The van der Waals surface area contributed by atoms with Gasteiger partial charge in [-0.05, 0) is 31.7 Å². The molecule has 0 atom stereocenters. The van der Waals surface area contributed by atoms with E-state index in [0.29, 0.717) is 5.82 Å². The third-order valence-corrected chi connectivity index (χ3v) is 3.27. The molecule has 1 aliphatic carbocycles. The minimum Gasteiger partial charge on any atom is -0.469 e. The Kier molecular flexibility index (Phi) is 4.51. The molecule has 3 N–H and O–H groups in total. The predicted molar refractivity (Wildman–Crippen MR) is 70.8 cm³/mol. The maximum Gasteiger partial charge on any atom is 0.331 e. The highest BCUT2D eigenvalue weighted by Gasteiger charge is 2.22. The van der Waals surface area contributed by atoms with Crippen molar-refractivity contribution < 1.29 is 9.66 Å². The Morgan fingerprint density at radius 2 is 2.00 bits per heavy atom. The lowest BCUT2D eigenvalue weighted by atomic mass is 10.1. The van der Waals surface area contributed by atoms with Gasteiger partial charge in [0.1, 0.15) is 11.9 Å². The van der Waals surface area contributed by atoms with E-state index in [1.54, 1.807) is 0 Å². The van der Waals surface area contributed by atoms with Crippen molar-refractivity contribution in [1.29, 1.82) is 0 Å². The molecule has 0 saturated heterocycles. The zero-order valence-electron chi connectivity index (χ0n) is 10.7. The summed E-state index contributed by atoms with van der Waals surface area (Å²) >= 11 is 0. The van der Waals surface area contributed by atoms with Crippen molar-refractivity contribution in [2.45, 2.75) is 44.6 Å². The van der Waals surface area contributed by atoms with Gasteiger partial charge in [-0.1, -0.05) is 12.8 Å². The number of ether oxygens (including phenoxy) is 1. The molecule has 1 fully saturated rings. The predicted octanol–water partition coefficient (Wildman–Crippen LogP) is 2.38. The molecule has 0 radical (unpaired) electrons. The summed E-state index contributed by atoms with van der Waals surface area (Å²) in [6.07, 6.45) is 6.40. The van der Waals surface area contributed by atoms with Crippen molar-refractivity contribution >= 4 is 11.5 Å². The molecule has 0 aliphatic heterocycles. The van der Waals surface area contributed by atoms with Crippen LogP contribution in [0, 0.1) is 10.1 Å². The number of nitrogen functional groups attached to an aromatic ring is 1. The van der Waals surface area contributed by atoms with E-state index < -0.39 is 4.92 Å². The maximum absolute atomic E-state index is 11.0. The van der Waals surface area contributed by atoms with Crippen molar-refractivity contribution in [3.05, 3.63) is 22.2 Å². The van der Waals surface area contributed by atoms with Crippen LogP contribution in [0.5, 0.6) is 5.88 Å². The first-order valence-electron chi connectivity index (χ1n) is 6.49. The van der Waals surface area contributed by atoms with E-state index in [-0.39, 0.29) is 17.7 Å². The summed E-state index contributed by atoms with van der Waals surface area (Å²) in [6.45, 7) is 0. The van der Waals surface area contributed by atoms with E-state index in [9.17, 15) is 10.1 Å². The van der Waals surface area contributed by atoms with Gasteiger partial charge in [0.2, 0.25) is 0 Å². The van der Waals surface area contributed by atoms with Crippen molar-refractivity contribution in [1.82, 2.24) is 4.98 Å². The van der Waals surface area contributed by atoms with Gasteiger partial charge < -0.3 is 10.2 Å². The molecule has 1 aliphatic rings. The zero-order valence-corrected chi connectivity index (χ0v) is 10.7. The Labute approximate surface area is 111 Å². The second-order valence-corrected chi connectivity index (χ2v) is 4.65. The first-order valence-corrected chi connectivity index (χ1v) is 6.49. The van der Waals surface area contributed by atoms with Crippen molar-refractivity contribution in [2.24, 2.45) is 5.84 Å². The van der Waals surface area contributed by atoms with Crippen LogP contribution in [0.25, 0.3) is 0 Å². The van der Waals surface area contributed by atoms with Crippen molar-refractivity contribution in [3.63, 3.8) is 0 Å². The molecule has 1 aromatic heterocycles. The highest BCUT2D eigenvalue weighted by Crippen LogP contribution is 2.29. The zero-order chi connectivity index (χ0) is 13.7. The molecule has 0 unspecified atom stereocenters. The number of rotatable bonds is 4. The van der Waals surface area contributed by atoms with Crippen LogP contribution in [0.2, 0.25) is 0 Å². The highest BCUT2D eigenvalue weighted by atomic mass is 16.6. The smallest absolute Gasteiger partial charge is 0.331 e. The first-order chi connectivity index (χ1) is 9.20. The van der Waals surface area contributed by atoms with E-state index >= 15 is 0 Å². The Morgan fingerprint density at radius 3 is 2.58 bits per heavy atom. The normalized spacial score (nSPS) is 16.7. The SMILES string of the molecule is NNc1ccc([N+](=O)[O-])c(OC2CCCCCC2)n1. The van der Waals surface area contributed by atoms with E-state index in [1.165, 1.54) is 25.0 Å². The third-order valence-electron chi connectivity index (χ3n) is 3.27. The summed E-state index contributed by atoms with van der Waals surface area (Å²) in [5, 5.41) is 11.0. The summed E-state index contributed by atoms with van der Waals surface area (Å²) in [6, 6.07) is 2.81. The van der Waals surface area contributed by atoms with Gasteiger partial charge in [-0.25, -0.2) is 5.84 Å². The molecule has 0 bridgehead atoms. The Morgan fingerprint density at radius 1 is 1.32 bits per heavy atom. The van der Waals surface area contributed by atoms with Gasteiger partial charge in [-0.15, -0.1) is 0 Å². The van der Waals surface area contributed by atoms with Gasteiger partial charge in [0.15, 0.2) is 0 Å². The van der Waals surface area contributed by atoms with E-state index in [0.717, 1.165) is 25.7 Å². The van der Waals surface area contributed by atoms with Crippen molar-refractivity contribution in [3.8, 4) is 5.88 Å². The van der Waals surface area contributed by atoms with Gasteiger partial charge in [0.25, 0.3) is 5.88 Å². The van der Waals surface area contributed by atoms with Gasteiger partial charge in [-0.3, -0.25) is 10.1 Å². The van der Waals surface area contributed by atoms with Crippen LogP contribution < -0.4 is 16.0 Å². The quantitative estimate of drug-likeness (QED) is 0.375. The second-order valence-electron chi connectivity index (χ2n) is 4.65. The maximum atomic E-state index is 11.0. The number of nitrogens with zero attached hydrogens (tertiary/aromatic N) is 2. The fraction of sp³-hybridized carbons (Fsp3) is 0.583. The first kappa shape index (κ1) is 13.5. The topological polar surface area (TPSA) is 103 Å². The molecule has 0 spiro atoms. The van der Waals surface area contributed by atoms with Crippen LogP contribution in [0.15, 0.2) is 12.1 Å². The number of nitrogens with one attached hydrogen (secondary N) is 1. The monoisotopic (exact) mass is 266 g/mol. The number of hydrogen-bond acceptors (Lipinski definition) is 6. The Bertz CT molecular complexity index is 445. The number of aromatic nitrogens is 1. The van der Waals surface area contributed by atoms with Crippen LogP contribution in [-0.4, -0.2) is 16.0 Å². The van der Waals surface area contributed by atoms with Crippen LogP contribution in [0.1, 0.15) is 38.5 Å². The van der Waals surface area contributed by atoms with Gasteiger partial charge in [0, 0.05) is 6.07 Å². The fourth-order valence-corrected chi connectivity index (χ4v) is 2.26. The number of nitrogens with two attached hydrogens (primary N) is 1. The minimum absolute atomic E-state index is 0.00160. The van der Waals surface area contributed by atoms with Crippen molar-refractivity contribution in [2.75, 3.05) is 5.43 Å². The molecule has 2 rings (SSSR count). The van der Waals surface area contributed by atoms with Crippen LogP contribution in [0.4, 0.5) is 11.5 Å². The third kappa shape index (κ3) is 3.54. The van der Waals surface area contributed by atoms with Crippen LogP contribution in [0.3, 0.4) is 0 Å². The molecule has 104 valence electrons. The highest BCUT2D eigenvalue weighted by molar-refractivity contribution is 5.48. The molecule has 7 nitrogen and oxygen atoms in total. The largest absolute Gasteiger partial charge is 0.469 e. The molecule has 1 saturated carbocycles. The summed E-state index contributed by atoms with van der Waals surface area (Å²) < 4.78 is 5.72. The number of nitro groups is 1. The minimum atomic E-state index is -0.487. The molecule has 7 heteroatoms. The average molecular weight is 266 g/mol. The number of hydrogen-bond donors (Lipinski definition) is 2. The molecule has 1 heterocycles. The lowest BCUT2D eigenvalue weighted by Gasteiger charge is -2.16. The van der Waals surface area contributed by atoms with Gasteiger partial charge >= 0.3 is 5.69 Å². The van der Waals surface area contributed by atoms with E-state index in [4.69, 9.17) is 10.6 Å². The van der Waals surface area contributed by atoms with Gasteiger partial charge in [0.05, 0.1) is 4.92 Å². The molecule has 0 amide bonds. The summed E-state index contributed by atoms with van der Waals surface area (Å²) in [7, 11) is 0. The lowest BCUT2D eigenvalue weighted by molar-refractivity contribution is -0.386. The van der Waals surface area contributed by atoms with Crippen LogP contribution in [-0.2, 0) is 0 Å². The lowest BCUT2D eigenvalue weighted by Crippen LogP contribution is -2.17. The van der Waals surface area contributed by atoms with E-state index in [1.807, 2.05) is 0 Å². The molecular weight excluding hydrogens is 248 g/mol.